The van der Waals surface area contributed by atoms with E-state index in [1.807, 2.05) is 74.9 Å². The van der Waals surface area contributed by atoms with Crippen molar-refractivity contribution >= 4 is 52.4 Å². The van der Waals surface area contributed by atoms with Crippen molar-refractivity contribution in [3.8, 4) is 22.9 Å². The van der Waals surface area contributed by atoms with Crippen LogP contribution in [0.2, 0.25) is 0 Å². The summed E-state index contributed by atoms with van der Waals surface area (Å²) in [5.74, 6) is -0.0221. The number of para-hydroxylation sites is 1. The molecule has 2 aromatic carbocycles. The van der Waals surface area contributed by atoms with E-state index < -0.39 is 17.4 Å². The van der Waals surface area contributed by atoms with Gasteiger partial charge in [-0.2, -0.15) is 0 Å². The molecule has 18 nitrogen and oxygen atoms in total. The largest absolute Gasteiger partial charge is 0.488 e. The first-order chi connectivity index (χ1) is 35.4. The van der Waals surface area contributed by atoms with Gasteiger partial charge in [-0.15, -0.1) is 10.2 Å². The van der Waals surface area contributed by atoms with Crippen molar-refractivity contribution in [2.24, 2.45) is 5.41 Å². The SMILES string of the molecule is CN(C)CCCC[C@H](NC(=O)C1(C(=O)NCCCCCN2C(=O)C=CC2=O)CCC1)C(=O)Nc1ccc(COc2ccccc2-c2cc(N3CC4CCC(C3)N4c3ccnc(OC4CCC4)c3)c(N)nn2)cc1. The molecule has 3 aliphatic heterocycles. The van der Waals surface area contributed by atoms with Crippen LogP contribution in [0.3, 0.4) is 0 Å². The average molecular weight is 996 g/mol. The number of fused-ring (bicyclic) bond motifs is 2. The summed E-state index contributed by atoms with van der Waals surface area (Å²) in [5, 5.41) is 17.9. The normalized spacial score (nSPS) is 19.4. The second-order valence-electron chi connectivity index (χ2n) is 20.4. The lowest BCUT2D eigenvalue weighted by atomic mass is 9.67. The maximum absolute atomic E-state index is 13.9. The first-order valence-corrected chi connectivity index (χ1v) is 26.1. The molecule has 5 heterocycles. The van der Waals surface area contributed by atoms with Crippen molar-refractivity contribution in [1.82, 2.24) is 35.6 Å². The van der Waals surface area contributed by atoms with Gasteiger partial charge in [0.15, 0.2) is 5.82 Å². The predicted molar refractivity (Wildman–Crippen MR) is 279 cm³/mol. The third-order valence-corrected chi connectivity index (χ3v) is 15.1. The molecule has 5 N–H and O–H groups in total. The minimum atomic E-state index is -1.24. The van der Waals surface area contributed by atoms with E-state index in [-0.39, 0.29) is 36.3 Å². The molecular weight excluding hydrogens is 927 g/mol. The maximum atomic E-state index is 13.9. The standard InChI is InChI=1S/C55H69N11O7/c1-63(2)30-9-6-15-44(60-54(71)55(26-11-27-55)53(70)58-28-7-3-8-31-65-49(67)23-24-50(65)68)52(69)59-38-19-17-37(18-20-38)36-72-47-16-5-4-14-43(47)45-33-46(51(56)62-61-45)64-34-40-21-22-41(35-64)66(40)39-25-29-57-48(32-39)73-42-12-10-13-42/h4-5,14,16-20,23-25,29,32-33,40-42,44H,3,6-13,15,21-22,26-28,30-31,34-36H2,1-2H3,(H2,56,62)(H,58,70)(H,59,69)(H,60,71)/t40?,41?,44-/m0/s1. The fourth-order valence-corrected chi connectivity index (χ4v) is 10.5. The molecule has 0 spiro atoms. The third kappa shape index (κ3) is 12.1. The number of carbonyl (C=O) groups excluding carboxylic acids is 5. The number of nitrogens with zero attached hydrogens (tertiary/aromatic N) is 7. The molecule has 2 aliphatic carbocycles. The van der Waals surface area contributed by atoms with Crippen LogP contribution in [0.4, 0.5) is 22.9 Å². The Kier molecular flexibility index (Phi) is 16.2. The van der Waals surface area contributed by atoms with Crippen molar-refractivity contribution in [2.75, 3.05) is 67.7 Å². The molecule has 2 bridgehead atoms. The van der Waals surface area contributed by atoms with E-state index in [0.29, 0.717) is 98.9 Å². The first kappa shape index (κ1) is 50.8. The van der Waals surface area contributed by atoms with E-state index in [0.717, 1.165) is 80.7 Å². The highest BCUT2D eigenvalue weighted by molar-refractivity contribution is 6.13. The number of nitrogens with one attached hydrogen (secondary N) is 3. The van der Waals surface area contributed by atoms with Gasteiger partial charge in [0.05, 0.1) is 11.4 Å². The highest BCUT2D eigenvalue weighted by atomic mass is 16.5. The number of hydrogen-bond acceptors (Lipinski definition) is 14. The fraction of sp³-hybridized carbons (Fsp3) is 0.491. The smallest absolute Gasteiger partial charge is 0.253 e. The molecule has 2 unspecified atom stereocenters. The van der Waals surface area contributed by atoms with Gasteiger partial charge in [-0.25, -0.2) is 4.98 Å². The van der Waals surface area contributed by atoms with Crippen LogP contribution in [-0.2, 0) is 30.6 Å². The number of nitrogen functional groups attached to an aromatic ring is 1. The Hall–Kier alpha value is -7.08. The molecule has 4 aromatic rings. The second-order valence-corrected chi connectivity index (χ2v) is 20.4. The van der Waals surface area contributed by atoms with Crippen molar-refractivity contribution < 1.29 is 33.4 Å². The number of ether oxygens (including phenoxy) is 2. The lowest BCUT2D eigenvalue weighted by molar-refractivity contribution is -0.151. The topological polar surface area (TPSA) is 218 Å². The molecule has 386 valence electrons. The van der Waals surface area contributed by atoms with Gasteiger partial charge in [-0.1, -0.05) is 30.7 Å². The number of imide groups is 1. The number of hydrogen-bond donors (Lipinski definition) is 4. The minimum Gasteiger partial charge on any atom is -0.488 e. The molecule has 2 saturated carbocycles. The number of aromatic nitrogens is 3. The van der Waals surface area contributed by atoms with Crippen LogP contribution in [0.5, 0.6) is 11.6 Å². The number of rotatable bonds is 24. The summed E-state index contributed by atoms with van der Waals surface area (Å²) in [6.45, 7) is 3.37. The molecule has 73 heavy (non-hydrogen) atoms. The maximum Gasteiger partial charge on any atom is 0.253 e. The number of nitrogens with two attached hydrogens (primary N) is 1. The number of pyridine rings is 1. The summed E-state index contributed by atoms with van der Waals surface area (Å²) >= 11 is 0. The fourth-order valence-electron chi connectivity index (χ4n) is 10.5. The Morgan fingerprint density at radius 1 is 0.849 bits per heavy atom. The van der Waals surface area contributed by atoms with E-state index in [1.54, 1.807) is 0 Å². The molecule has 3 atom stereocenters. The Balaban J connectivity index is 0.786. The van der Waals surface area contributed by atoms with Crippen LogP contribution in [0.1, 0.15) is 95.5 Å². The molecule has 18 heteroatoms. The quantitative estimate of drug-likeness (QED) is 0.0359. The van der Waals surface area contributed by atoms with Gasteiger partial charge in [0, 0.05) is 79.6 Å². The van der Waals surface area contributed by atoms with Gasteiger partial charge in [0.1, 0.15) is 29.9 Å². The lowest BCUT2D eigenvalue weighted by Crippen LogP contribution is -2.58. The van der Waals surface area contributed by atoms with E-state index in [9.17, 15) is 24.0 Å². The molecule has 2 saturated heterocycles. The Morgan fingerprint density at radius 2 is 1.60 bits per heavy atom. The summed E-state index contributed by atoms with van der Waals surface area (Å²) in [6, 6.07) is 21.1. The molecular formula is C55H69N11O7. The number of piperazine rings is 1. The Labute approximate surface area is 427 Å². The van der Waals surface area contributed by atoms with E-state index in [2.05, 4.69) is 58.0 Å². The van der Waals surface area contributed by atoms with Crippen LogP contribution in [-0.4, -0.2) is 126 Å². The van der Waals surface area contributed by atoms with Gasteiger partial charge < -0.3 is 45.9 Å². The molecule has 5 aliphatic rings. The van der Waals surface area contributed by atoms with Crippen LogP contribution in [0.25, 0.3) is 11.3 Å². The molecule has 4 fully saturated rings. The van der Waals surface area contributed by atoms with Gasteiger partial charge in [-0.05, 0) is 146 Å². The summed E-state index contributed by atoms with van der Waals surface area (Å²) in [7, 11) is 3.99. The van der Waals surface area contributed by atoms with Crippen molar-refractivity contribution in [3.63, 3.8) is 0 Å². The number of amides is 5. The van der Waals surface area contributed by atoms with Crippen LogP contribution in [0, 0.1) is 5.41 Å². The van der Waals surface area contributed by atoms with E-state index >= 15 is 0 Å². The summed E-state index contributed by atoms with van der Waals surface area (Å²) in [5.41, 5.74) is 10.2. The van der Waals surface area contributed by atoms with E-state index in [1.165, 1.54) is 23.5 Å². The molecule has 9 rings (SSSR count). The zero-order valence-electron chi connectivity index (χ0n) is 42.1. The monoisotopic (exact) mass is 996 g/mol. The van der Waals surface area contributed by atoms with Crippen LogP contribution in [0.15, 0.2) is 85.1 Å². The Morgan fingerprint density at radius 3 is 2.30 bits per heavy atom. The highest BCUT2D eigenvalue weighted by Crippen LogP contribution is 2.42. The summed E-state index contributed by atoms with van der Waals surface area (Å²) in [6.07, 6.45) is 15.6. The number of unbranched alkanes of at least 4 members (excludes halogenated alkanes) is 3. The van der Waals surface area contributed by atoms with Gasteiger partial charge in [0.25, 0.3) is 11.8 Å². The molecule has 5 amide bonds. The number of benzene rings is 2. The van der Waals surface area contributed by atoms with Crippen LogP contribution >= 0.6 is 0 Å². The van der Waals surface area contributed by atoms with Crippen molar-refractivity contribution in [2.45, 2.75) is 121 Å². The van der Waals surface area contributed by atoms with Gasteiger partial charge in [0.2, 0.25) is 23.6 Å². The highest BCUT2D eigenvalue weighted by Gasteiger charge is 2.51. The summed E-state index contributed by atoms with van der Waals surface area (Å²) < 4.78 is 12.6. The minimum absolute atomic E-state index is 0.251. The van der Waals surface area contributed by atoms with Gasteiger partial charge in [-0.3, -0.25) is 28.9 Å². The average Bonchev–Trinajstić information content (AvgIpc) is 3.82. The third-order valence-electron chi connectivity index (χ3n) is 15.1. The lowest BCUT2D eigenvalue weighted by Gasteiger charge is -2.43. The van der Waals surface area contributed by atoms with Crippen LogP contribution < -0.4 is 41.0 Å². The zero-order chi connectivity index (χ0) is 50.9. The Bertz CT molecular complexity index is 2620. The summed E-state index contributed by atoms with van der Waals surface area (Å²) in [4.78, 5) is 77.7. The van der Waals surface area contributed by atoms with E-state index in [4.69, 9.17) is 15.2 Å². The number of carbonyl (C=O) groups is 5. The molecule has 0 radical (unpaired) electrons. The predicted octanol–water partition coefficient (Wildman–Crippen LogP) is 6.03. The van der Waals surface area contributed by atoms with Crippen molar-refractivity contribution in [1.29, 1.82) is 0 Å². The second kappa shape index (κ2) is 23.2. The van der Waals surface area contributed by atoms with Gasteiger partial charge >= 0.3 is 0 Å². The number of anilines is 4. The first-order valence-electron chi connectivity index (χ1n) is 26.1. The zero-order valence-corrected chi connectivity index (χ0v) is 42.1. The van der Waals surface area contributed by atoms with Crippen molar-refractivity contribution in [3.05, 3.63) is 90.6 Å². The molecule has 2 aromatic heterocycles.